The number of H-pyrrole nitrogens is 1. The Morgan fingerprint density at radius 3 is 2.44 bits per heavy atom. The normalized spacial score (nSPS) is 11.7. The number of ketones is 1. The minimum absolute atomic E-state index is 0.110. The van der Waals surface area contributed by atoms with Crippen molar-refractivity contribution in [1.82, 2.24) is 4.98 Å². The summed E-state index contributed by atoms with van der Waals surface area (Å²) in [5.41, 5.74) is 2.68. The number of benzene rings is 1. The van der Waals surface area contributed by atoms with E-state index in [4.69, 9.17) is 9.47 Å². The van der Waals surface area contributed by atoms with Gasteiger partial charge in [-0.2, -0.15) is 0 Å². The Balaban J connectivity index is 2.02. The lowest BCUT2D eigenvalue weighted by atomic mass is 10.1. The van der Waals surface area contributed by atoms with Crippen LogP contribution in [-0.4, -0.2) is 41.7 Å². The molecule has 1 aromatic carbocycles. The Kier molecular flexibility index (Phi) is 6.85. The topological polar surface area (TPSA) is 85.5 Å². The highest BCUT2D eigenvalue weighted by Crippen LogP contribution is 2.23. The summed E-state index contributed by atoms with van der Waals surface area (Å²) >= 11 is 1.37. The van der Waals surface area contributed by atoms with Gasteiger partial charge >= 0.3 is 11.9 Å². The average Bonchev–Trinajstić information content (AvgIpc) is 2.94. The molecule has 7 heteroatoms. The molecule has 2 rings (SSSR count). The Bertz CT molecular complexity index is 871. The van der Waals surface area contributed by atoms with E-state index in [-0.39, 0.29) is 17.2 Å². The highest BCUT2D eigenvalue weighted by molar-refractivity contribution is 8.00. The fourth-order valence-corrected chi connectivity index (χ4v) is 3.56. The zero-order valence-electron chi connectivity index (χ0n) is 16.0. The van der Waals surface area contributed by atoms with Crippen molar-refractivity contribution in [3.8, 4) is 0 Å². The van der Waals surface area contributed by atoms with Gasteiger partial charge in [0.1, 0.15) is 0 Å². The maximum Gasteiger partial charge on any atom is 0.339 e. The molecule has 0 spiro atoms. The van der Waals surface area contributed by atoms with Gasteiger partial charge in [-0.25, -0.2) is 4.79 Å². The number of hydrogen-bond donors (Lipinski definition) is 1. The summed E-state index contributed by atoms with van der Waals surface area (Å²) in [5.74, 6) is -1.27. The molecule has 2 aromatic rings. The third-order valence-corrected chi connectivity index (χ3v) is 5.34. The van der Waals surface area contributed by atoms with Gasteiger partial charge in [-0.15, -0.1) is 11.8 Å². The zero-order chi connectivity index (χ0) is 20.1. The smallest absolute Gasteiger partial charge is 0.339 e. The molecule has 0 fully saturated rings. The van der Waals surface area contributed by atoms with Crippen LogP contribution in [0.5, 0.6) is 0 Å². The Morgan fingerprint density at radius 1 is 1.15 bits per heavy atom. The number of thioether (sulfide) groups is 1. The maximum atomic E-state index is 12.6. The maximum absolute atomic E-state index is 12.6. The van der Waals surface area contributed by atoms with Gasteiger partial charge in [-0.1, -0.05) is 18.2 Å². The first-order chi connectivity index (χ1) is 12.8. The van der Waals surface area contributed by atoms with Crippen LogP contribution in [0.1, 0.15) is 44.6 Å². The summed E-state index contributed by atoms with van der Waals surface area (Å²) < 4.78 is 10.0. The second-order valence-corrected chi connectivity index (χ2v) is 7.18. The van der Waals surface area contributed by atoms with Crippen molar-refractivity contribution >= 4 is 29.5 Å². The molecule has 0 aliphatic heterocycles. The van der Waals surface area contributed by atoms with Gasteiger partial charge in [0.05, 0.1) is 24.1 Å². The highest BCUT2D eigenvalue weighted by atomic mass is 32.2. The predicted octanol–water partition coefficient (Wildman–Crippen LogP) is 3.63. The molecule has 0 bridgehead atoms. The summed E-state index contributed by atoms with van der Waals surface area (Å²) in [7, 11) is 1.28. The minimum atomic E-state index is -0.961. The Labute approximate surface area is 162 Å². The van der Waals surface area contributed by atoms with E-state index < -0.39 is 18.0 Å². The van der Waals surface area contributed by atoms with E-state index in [9.17, 15) is 14.4 Å². The molecule has 1 aromatic heterocycles. The lowest BCUT2D eigenvalue weighted by Gasteiger charge is -2.12. The SMILES string of the molecule is COC(=O)c1c(C)[nH]c(C(=O)[C@@H](C)OC(=O)CSc2ccccc2C)c1C. The summed E-state index contributed by atoms with van der Waals surface area (Å²) in [6.07, 6.45) is -0.961. The Morgan fingerprint density at radius 2 is 1.81 bits per heavy atom. The number of esters is 2. The van der Waals surface area contributed by atoms with Gasteiger partial charge in [0.15, 0.2) is 6.10 Å². The monoisotopic (exact) mass is 389 g/mol. The van der Waals surface area contributed by atoms with Crippen molar-refractivity contribution in [2.24, 2.45) is 0 Å². The van der Waals surface area contributed by atoms with E-state index in [1.807, 2.05) is 31.2 Å². The number of carbonyl (C=O) groups is 3. The number of hydrogen-bond acceptors (Lipinski definition) is 6. The van der Waals surface area contributed by atoms with E-state index in [1.54, 1.807) is 13.8 Å². The number of nitrogens with one attached hydrogen (secondary N) is 1. The van der Waals surface area contributed by atoms with Crippen LogP contribution in [0.15, 0.2) is 29.2 Å². The van der Waals surface area contributed by atoms with E-state index in [0.29, 0.717) is 16.8 Å². The third-order valence-electron chi connectivity index (χ3n) is 4.19. The second-order valence-electron chi connectivity index (χ2n) is 6.17. The van der Waals surface area contributed by atoms with Crippen LogP contribution < -0.4 is 0 Å². The number of carbonyl (C=O) groups excluding carboxylic acids is 3. The van der Waals surface area contributed by atoms with Gasteiger partial charge in [0.25, 0.3) is 0 Å². The van der Waals surface area contributed by atoms with E-state index in [2.05, 4.69) is 4.98 Å². The van der Waals surface area contributed by atoms with E-state index in [0.717, 1.165) is 10.5 Å². The first-order valence-electron chi connectivity index (χ1n) is 8.45. The third kappa shape index (κ3) is 4.80. The number of aromatic nitrogens is 1. The quantitative estimate of drug-likeness (QED) is 0.442. The largest absolute Gasteiger partial charge is 0.465 e. The first kappa shape index (κ1) is 20.8. The van der Waals surface area contributed by atoms with Crippen molar-refractivity contribution in [3.63, 3.8) is 0 Å². The van der Waals surface area contributed by atoms with Gasteiger partial charge in [0.2, 0.25) is 5.78 Å². The molecule has 0 radical (unpaired) electrons. The van der Waals surface area contributed by atoms with Crippen LogP contribution in [0.2, 0.25) is 0 Å². The van der Waals surface area contributed by atoms with Gasteiger partial charge in [-0.3, -0.25) is 9.59 Å². The van der Waals surface area contributed by atoms with Gasteiger partial charge in [0, 0.05) is 10.6 Å². The van der Waals surface area contributed by atoms with Crippen molar-refractivity contribution in [2.75, 3.05) is 12.9 Å². The average molecular weight is 389 g/mol. The molecule has 0 saturated heterocycles. The van der Waals surface area contributed by atoms with Crippen LogP contribution in [0, 0.1) is 20.8 Å². The van der Waals surface area contributed by atoms with E-state index in [1.165, 1.54) is 25.8 Å². The molecule has 0 unspecified atom stereocenters. The van der Waals surface area contributed by atoms with Crippen molar-refractivity contribution < 1.29 is 23.9 Å². The van der Waals surface area contributed by atoms with Gasteiger partial charge < -0.3 is 14.5 Å². The lowest BCUT2D eigenvalue weighted by Crippen LogP contribution is -2.26. The van der Waals surface area contributed by atoms with Gasteiger partial charge in [-0.05, 0) is 44.9 Å². The summed E-state index contributed by atoms with van der Waals surface area (Å²) in [6, 6.07) is 7.74. The first-order valence-corrected chi connectivity index (χ1v) is 9.44. The molecule has 0 amide bonds. The molecule has 0 saturated carbocycles. The minimum Gasteiger partial charge on any atom is -0.465 e. The number of rotatable bonds is 7. The fourth-order valence-electron chi connectivity index (χ4n) is 2.75. The number of aryl methyl sites for hydroxylation is 2. The van der Waals surface area contributed by atoms with Crippen molar-refractivity contribution in [1.29, 1.82) is 0 Å². The number of aromatic amines is 1. The summed E-state index contributed by atoms with van der Waals surface area (Å²) in [4.78, 5) is 40.5. The van der Waals surface area contributed by atoms with E-state index >= 15 is 0 Å². The number of ether oxygens (including phenoxy) is 2. The predicted molar refractivity (Wildman–Crippen MR) is 103 cm³/mol. The molecule has 6 nitrogen and oxygen atoms in total. The van der Waals surface area contributed by atoms with Crippen LogP contribution in [-0.2, 0) is 14.3 Å². The zero-order valence-corrected chi connectivity index (χ0v) is 16.9. The van der Waals surface area contributed by atoms with Crippen molar-refractivity contribution in [2.45, 2.75) is 38.7 Å². The molecule has 27 heavy (non-hydrogen) atoms. The van der Waals surface area contributed by atoms with Crippen LogP contribution in [0.3, 0.4) is 0 Å². The highest BCUT2D eigenvalue weighted by Gasteiger charge is 2.27. The van der Waals surface area contributed by atoms with Crippen LogP contribution in [0.25, 0.3) is 0 Å². The number of methoxy groups -OCH3 is 1. The lowest BCUT2D eigenvalue weighted by molar-refractivity contribution is -0.143. The molecule has 0 aliphatic rings. The molecule has 1 atom stereocenters. The molecule has 1 N–H and O–H groups in total. The standard InChI is InChI=1S/C20H23NO5S/c1-11-8-6-7-9-15(11)27-10-16(22)26-14(4)19(23)18-12(2)17(13(3)21-18)20(24)25-5/h6-9,14,21H,10H2,1-5H3/t14-/m1/s1. The summed E-state index contributed by atoms with van der Waals surface area (Å²) in [5, 5.41) is 0. The Hall–Kier alpha value is -2.54. The molecule has 0 aliphatic carbocycles. The number of Topliss-reactive ketones (excluding diaryl/α,β-unsaturated/α-hetero) is 1. The summed E-state index contributed by atoms with van der Waals surface area (Å²) in [6.45, 7) is 6.83. The van der Waals surface area contributed by atoms with Crippen molar-refractivity contribution in [3.05, 3.63) is 52.3 Å². The van der Waals surface area contributed by atoms with Crippen LogP contribution in [0.4, 0.5) is 0 Å². The second kappa shape index (κ2) is 8.90. The molecular weight excluding hydrogens is 366 g/mol. The molecule has 144 valence electrons. The molecular formula is C20H23NO5S. The fraction of sp³-hybridized carbons (Fsp3) is 0.350. The molecule has 1 heterocycles. The van der Waals surface area contributed by atoms with Crippen LogP contribution >= 0.6 is 11.8 Å².